The smallest absolute Gasteiger partial charge is 0.153 e. The minimum atomic E-state index is 0.276. The molecule has 88 valence electrons. The molecule has 0 unspecified atom stereocenters. The molecule has 0 bridgehead atoms. The Bertz CT molecular complexity index is 500. The van der Waals surface area contributed by atoms with Gasteiger partial charge < -0.3 is 0 Å². The van der Waals surface area contributed by atoms with E-state index in [0.29, 0.717) is 12.0 Å². The van der Waals surface area contributed by atoms with Crippen molar-refractivity contribution in [1.29, 1.82) is 0 Å². The zero-order valence-corrected chi connectivity index (χ0v) is 10.1. The zero-order valence-electron chi connectivity index (χ0n) is 10.1. The van der Waals surface area contributed by atoms with Gasteiger partial charge in [0.05, 0.1) is 11.3 Å². The Morgan fingerprint density at radius 2 is 2.00 bits per heavy atom. The highest BCUT2D eigenvalue weighted by molar-refractivity contribution is 5.76. The highest BCUT2D eigenvalue weighted by Gasteiger charge is 2.10. The van der Waals surface area contributed by atoms with E-state index >= 15 is 0 Å². The molecule has 0 fully saturated rings. The van der Waals surface area contributed by atoms with Gasteiger partial charge in [0, 0.05) is 18.7 Å². The summed E-state index contributed by atoms with van der Waals surface area (Å²) >= 11 is 0. The van der Waals surface area contributed by atoms with Crippen molar-refractivity contribution in [2.24, 2.45) is 0 Å². The van der Waals surface area contributed by atoms with Crippen molar-refractivity contribution in [1.82, 2.24) is 9.78 Å². The van der Waals surface area contributed by atoms with Crippen molar-refractivity contribution >= 4 is 6.29 Å². The van der Waals surface area contributed by atoms with Gasteiger partial charge >= 0.3 is 0 Å². The topological polar surface area (TPSA) is 34.9 Å². The van der Waals surface area contributed by atoms with Gasteiger partial charge in [0.2, 0.25) is 0 Å². The number of carbonyl (C=O) groups excluding carboxylic acids is 1. The first-order valence-corrected chi connectivity index (χ1v) is 5.78. The van der Waals surface area contributed by atoms with Crippen molar-refractivity contribution < 1.29 is 4.79 Å². The van der Waals surface area contributed by atoms with Crippen LogP contribution in [0.25, 0.3) is 0 Å². The summed E-state index contributed by atoms with van der Waals surface area (Å²) in [6.45, 7) is 4.10. The van der Waals surface area contributed by atoms with Gasteiger partial charge in [0.15, 0.2) is 6.29 Å². The summed E-state index contributed by atoms with van der Waals surface area (Å²) in [5.41, 5.74) is 2.70. The first-order chi connectivity index (χ1) is 8.20. The summed E-state index contributed by atoms with van der Waals surface area (Å²) in [6.07, 6.45) is 3.40. The summed E-state index contributed by atoms with van der Waals surface area (Å²) in [7, 11) is 0. The van der Waals surface area contributed by atoms with Crippen LogP contribution in [0.15, 0.2) is 36.5 Å². The average molecular weight is 228 g/mol. The fraction of sp³-hybridized carbons (Fsp3) is 0.286. The van der Waals surface area contributed by atoms with Crippen molar-refractivity contribution in [3.8, 4) is 0 Å². The van der Waals surface area contributed by atoms with E-state index in [4.69, 9.17) is 0 Å². The number of hydrogen-bond donors (Lipinski definition) is 0. The van der Waals surface area contributed by atoms with Crippen molar-refractivity contribution in [2.45, 2.75) is 26.3 Å². The molecule has 1 aromatic heterocycles. The molecule has 0 aliphatic carbocycles. The summed E-state index contributed by atoms with van der Waals surface area (Å²) in [5.74, 6) is 0. The third kappa shape index (κ3) is 2.61. The Morgan fingerprint density at radius 3 is 2.59 bits per heavy atom. The van der Waals surface area contributed by atoms with Crippen molar-refractivity contribution in [2.75, 3.05) is 0 Å². The van der Waals surface area contributed by atoms with E-state index in [2.05, 4.69) is 5.10 Å². The van der Waals surface area contributed by atoms with Gasteiger partial charge in [0.25, 0.3) is 0 Å². The summed E-state index contributed by atoms with van der Waals surface area (Å²) in [4.78, 5) is 11.0. The number of rotatable bonds is 4. The van der Waals surface area contributed by atoms with E-state index in [0.717, 1.165) is 12.0 Å². The van der Waals surface area contributed by atoms with E-state index in [1.807, 2.05) is 55.1 Å². The molecule has 3 nitrogen and oxygen atoms in total. The van der Waals surface area contributed by atoms with E-state index in [1.165, 1.54) is 5.56 Å². The second-order valence-corrected chi connectivity index (χ2v) is 4.39. The lowest BCUT2D eigenvalue weighted by molar-refractivity contribution is 0.112. The third-order valence-corrected chi connectivity index (χ3v) is 2.71. The molecule has 0 amide bonds. The fourth-order valence-corrected chi connectivity index (χ4v) is 1.73. The molecular formula is C14H16N2O. The lowest BCUT2D eigenvalue weighted by Crippen LogP contribution is -2.01. The molecule has 0 atom stereocenters. The lowest BCUT2D eigenvalue weighted by Gasteiger charge is -2.03. The molecule has 1 aromatic carbocycles. The number of benzene rings is 1. The quantitative estimate of drug-likeness (QED) is 0.754. The maximum atomic E-state index is 11.0. The Hall–Kier alpha value is -1.90. The molecule has 2 aromatic rings. The van der Waals surface area contributed by atoms with Crippen molar-refractivity contribution in [3.05, 3.63) is 53.3 Å². The van der Waals surface area contributed by atoms with E-state index < -0.39 is 0 Å². The molecule has 0 saturated heterocycles. The lowest BCUT2D eigenvalue weighted by atomic mass is 10.1. The Labute approximate surface area is 101 Å². The van der Waals surface area contributed by atoms with Crippen molar-refractivity contribution in [3.63, 3.8) is 0 Å². The molecule has 3 heteroatoms. The predicted octanol–water partition coefficient (Wildman–Crippen LogP) is 2.87. The maximum Gasteiger partial charge on any atom is 0.153 e. The third-order valence-electron chi connectivity index (χ3n) is 2.71. The molecule has 0 aliphatic heterocycles. The van der Waals surface area contributed by atoms with E-state index in [1.54, 1.807) is 0 Å². The molecular weight excluding hydrogens is 212 g/mol. The van der Waals surface area contributed by atoms with Crippen LogP contribution in [0.5, 0.6) is 0 Å². The van der Waals surface area contributed by atoms with E-state index in [-0.39, 0.29) is 6.04 Å². The highest BCUT2D eigenvalue weighted by Crippen LogP contribution is 2.14. The Kier molecular flexibility index (Phi) is 3.38. The Balaban J connectivity index is 2.29. The van der Waals surface area contributed by atoms with Crippen LogP contribution in [0.1, 0.15) is 41.5 Å². The second kappa shape index (κ2) is 4.95. The van der Waals surface area contributed by atoms with Crippen LogP contribution < -0.4 is 0 Å². The van der Waals surface area contributed by atoms with E-state index in [9.17, 15) is 4.79 Å². The van der Waals surface area contributed by atoms with Crippen LogP contribution >= 0.6 is 0 Å². The molecule has 0 radical (unpaired) electrons. The average Bonchev–Trinajstić information content (AvgIpc) is 2.74. The van der Waals surface area contributed by atoms with Gasteiger partial charge in [-0.2, -0.15) is 5.10 Å². The molecule has 2 rings (SSSR count). The van der Waals surface area contributed by atoms with Gasteiger partial charge in [0.1, 0.15) is 0 Å². The summed E-state index contributed by atoms with van der Waals surface area (Å²) < 4.78 is 1.84. The van der Waals surface area contributed by atoms with Crippen LogP contribution in [0, 0.1) is 0 Å². The molecule has 0 saturated carbocycles. The van der Waals surface area contributed by atoms with Crippen LogP contribution in [0.3, 0.4) is 0 Å². The van der Waals surface area contributed by atoms with Crippen LogP contribution in [-0.4, -0.2) is 16.1 Å². The summed E-state index contributed by atoms with van der Waals surface area (Å²) in [6, 6.07) is 10.3. The monoisotopic (exact) mass is 228 g/mol. The minimum absolute atomic E-state index is 0.276. The standard InChI is InChI=1S/C14H16N2O/c1-11(2)16-9-13(10-17)14(15-16)8-12-6-4-3-5-7-12/h3-7,9-11H,8H2,1-2H3. The van der Waals surface area contributed by atoms with Crippen LogP contribution in [0.4, 0.5) is 0 Å². The summed E-state index contributed by atoms with van der Waals surface area (Å²) in [5, 5.41) is 4.46. The van der Waals surface area contributed by atoms with Gasteiger partial charge in [-0.25, -0.2) is 0 Å². The number of hydrogen-bond acceptors (Lipinski definition) is 2. The molecule has 0 aliphatic rings. The fourth-order valence-electron chi connectivity index (χ4n) is 1.73. The molecule has 17 heavy (non-hydrogen) atoms. The number of nitrogens with zero attached hydrogens (tertiary/aromatic N) is 2. The predicted molar refractivity (Wildman–Crippen MR) is 67.2 cm³/mol. The van der Waals surface area contributed by atoms with Gasteiger partial charge in [-0.05, 0) is 19.4 Å². The van der Waals surface area contributed by atoms with Gasteiger partial charge in [-0.15, -0.1) is 0 Å². The largest absolute Gasteiger partial charge is 0.298 e. The highest BCUT2D eigenvalue weighted by atomic mass is 16.1. The normalized spacial score (nSPS) is 10.8. The minimum Gasteiger partial charge on any atom is -0.298 e. The van der Waals surface area contributed by atoms with Crippen LogP contribution in [-0.2, 0) is 6.42 Å². The maximum absolute atomic E-state index is 11.0. The van der Waals surface area contributed by atoms with Crippen LogP contribution in [0.2, 0.25) is 0 Å². The SMILES string of the molecule is CC(C)n1cc(C=O)c(Cc2ccccc2)n1. The first-order valence-electron chi connectivity index (χ1n) is 5.78. The first kappa shape index (κ1) is 11.6. The van der Waals surface area contributed by atoms with Gasteiger partial charge in [-0.1, -0.05) is 30.3 Å². The van der Waals surface area contributed by atoms with Gasteiger partial charge in [-0.3, -0.25) is 9.48 Å². The molecule has 1 heterocycles. The Morgan fingerprint density at radius 1 is 1.29 bits per heavy atom. The number of aldehydes is 1. The molecule has 0 N–H and O–H groups in total. The number of carbonyl (C=O) groups is 1. The molecule has 0 spiro atoms. The second-order valence-electron chi connectivity index (χ2n) is 4.39. The number of aromatic nitrogens is 2. The zero-order chi connectivity index (χ0) is 12.3.